The van der Waals surface area contributed by atoms with Gasteiger partial charge >= 0.3 is 0 Å². The van der Waals surface area contributed by atoms with Crippen LogP contribution in [0.1, 0.15) is 36.2 Å². The Balaban J connectivity index is 1.73. The summed E-state index contributed by atoms with van der Waals surface area (Å²) in [5.74, 6) is 1.27. The molecule has 5 heteroatoms. The van der Waals surface area contributed by atoms with Crippen molar-refractivity contribution in [3.05, 3.63) is 47.4 Å². The summed E-state index contributed by atoms with van der Waals surface area (Å²) in [6, 6.07) is 6.23. The molecule has 4 nitrogen and oxygen atoms in total. The first-order valence-corrected chi connectivity index (χ1v) is 6.05. The van der Waals surface area contributed by atoms with Crippen LogP contribution >= 0.6 is 0 Å². The lowest BCUT2D eigenvalue weighted by Gasteiger charge is -2.01. The Morgan fingerprint density at radius 3 is 3.00 bits per heavy atom. The Bertz CT molecular complexity index is 551. The Morgan fingerprint density at radius 1 is 1.44 bits per heavy atom. The number of benzene rings is 1. The van der Waals surface area contributed by atoms with Gasteiger partial charge < -0.3 is 10.3 Å². The number of rotatable bonds is 4. The molecule has 1 fully saturated rings. The van der Waals surface area contributed by atoms with Gasteiger partial charge in [-0.25, -0.2) is 4.39 Å². The molecule has 1 aliphatic rings. The molecule has 0 aliphatic heterocycles. The van der Waals surface area contributed by atoms with Crippen LogP contribution < -0.4 is 5.73 Å². The molecule has 1 aromatic heterocycles. The van der Waals surface area contributed by atoms with E-state index in [0.29, 0.717) is 24.1 Å². The van der Waals surface area contributed by atoms with Gasteiger partial charge in [0.1, 0.15) is 5.82 Å². The van der Waals surface area contributed by atoms with Crippen LogP contribution in [-0.4, -0.2) is 10.1 Å². The fourth-order valence-electron chi connectivity index (χ4n) is 1.96. The van der Waals surface area contributed by atoms with E-state index in [4.69, 9.17) is 10.3 Å². The Kier molecular flexibility index (Phi) is 2.83. The molecule has 1 unspecified atom stereocenters. The van der Waals surface area contributed by atoms with Crippen molar-refractivity contribution < 1.29 is 8.91 Å². The SMILES string of the molecule is NC(c1noc(Cc2cccc(F)c2)n1)C1CC1. The summed E-state index contributed by atoms with van der Waals surface area (Å²) >= 11 is 0. The third kappa shape index (κ3) is 2.41. The molecule has 1 aromatic carbocycles. The smallest absolute Gasteiger partial charge is 0.231 e. The summed E-state index contributed by atoms with van der Waals surface area (Å²) in [6.45, 7) is 0. The van der Waals surface area contributed by atoms with Crippen molar-refractivity contribution in [2.75, 3.05) is 0 Å². The molecule has 1 aliphatic carbocycles. The van der Waals surface area contributed by atoms with Crippen molar-refractivity contribution in [2.24, 2.45) is 11.7 Å². The molecule has 94 valence electrons. The van der Waals surface area contributed by atoms with E-state index in [0.717, 1.165) is 18.4 Å². The zero-order chi connectivity index (χ0) is 12.5. The summed E-state index contributed by atoms with van der Waals surface area (Å²) in [4.78, 5) is 4.27. The minimum atomic E-state index is -0.262. The summed E-state index contributed by atoms with van der Waals surface area (Å²) < 4.78 is 18.2. The monoisotopic (exact) mass is 247 g/mol. The van der Waals surface area contributed by atoms with Gasteiger partial charge in [0, 0.05) is 0 Å². The van der Waals surface area contributed by atoms with E-state index in [1.807, 2.05) is 6.07 Å². The van der Waals surface area contributed by atoms with Crippen LogP contribution in [0, 0.1) is 11.7 Å². The molecule has 1 heterocycles. The predicted molar refractivity (Wildman–Crippen MR) is 63.2 cm³/mol. The molecule has 2 N–H and O–H groups in total. The first-order chi connectivity index (χ1) is 8.72. The minimum absolute atomic E-state index is 0.130. The van der Waals surface area contributed by atoms with E-state index in [9.17, 15) is 4.39 Å². The minimum Gasteiger partial charge on any atom is -0.339 e. The lowest BCUT2D eigenvalue weighted by Crippen LogP contribution is -2.14. The van der Waals surface area contributed by atoms with Crippen LogP contribution in [0.15, 0.2) is 28.8 Å². The van der Waals surface area contributed by atoms with Crippen LogP contribution in [0.4, 0.5) is 4.39 Å². The largest absolute Gasteiger partial charge is 0.339 e. The van der Waals surface area contributed by atoms with Crippen LogP contribution in [0.25, 0.3) is 0 Å². The van der Waals surface area contributed by atoms with Crippen molar-refractivity contribution in [3.8, 4) is 0 Å². The summed E-state index contributed by atoms with van der Waals surface area (Å²) in [7, 11) is 0. The lowest BCUT2D eigenvalue weighted by molar-refractivity contribution is 0.373. The molecule has 3 rings (SSSR count). The molecule has 0 bridgehead atoms. The van der Waals surface area contributed by atoms with Gasteiger partial charge in [-0.2, -0.15) is 4.98 Å². The highest BCUT2D eigenvalue weighted by Gasteiger charge is 2.32. The fourth-order valence-corrected chi connectivity index (χ4v) is 1.96. The van der Waals surface area contributed by atoms with Crippen molar-refractivity contribution in [1.29, 1.82) is 0 Å². The number of nitrogens with zero attached hydrogens (tertiary/aromatic N) is 2. The van der Waals surface area contributed by atoms with Crippen molar-refractivity contribution in [1.82, 2.24) is 10.1 Å². The molecule has 18 heavy (non-hydrogen) atoms. The van der Waals surface area contributed by atoms with Crippen molar-refractivity contribution in [2.45, 2.75) is 25.3 Å². The van der Waals surface area contributed by atoms with E-state index in [-0.39, 0.29) is 11.9 Å². The standard InChI is InChI=1S/C13H14FN3O/c14-10-3-1-2-8(6-10)7-11-16-13(17-18-11)12(15)9-4-5-9/h1-3,6,9,12H,4-5,7,15H2. The first-order valence-electron chi connectivity index (χ1n) is 6.05. The fraction of sp³-hybridized carbons (Fsp3) is 0.385. The second kappa shape index (κ2) is 4.49. The average molecular weight is 247 g/mol. The highest BCUT2D eigenvalue weighted by molar-refractivity contribution is 5.19. The summed E-state index contributed by atoms with van der Waals surface area (Å²) in [5, 5.41) is 3.89. The van der Waals surface area contributed by atoms with Gasteiger partial charge in [-0.05, 0) is 36.5 Å². The van der Waals surface area contributed by atoms with E-state index in [2.05, 4.69) is 10.1 Å². The predicted octanol–water partition coefficient (Wildman–Crippen LogP) is 2.21. The topological polar surface area (TPSA) is 64.9 Å². The van der Waals surface area contributed by atoms with E-state index >= 15 is 0 Å². The van der Waals surface area contributed by atoms with E-state index in [1.165, 1.54) is 12.1 Å². The molecular weight excluding hydrogens is 233 g/mol. The van der Waals surface area contributed by atoms with Gasteiger partial charge in [-0.15, -0.1) is 0 Å². The molecular formula is C13H14FN3O. The second-order valence-electron chi connectivity index (χ2n) is 4.72. The van der Waals surface area contributed by atoms with Crippen LogP contribution in [0.3, 0.4) is 0 Å². The molecule has 0 saturated heterocycles. The van der Waals surface area contributed by atoms with Crippen molar-refractivity contribution >= 4 is 0 Å². The lowest BCUT2D eigenvalue weighted by atomic mass is 10.1. The zero-order valence-electron chi connectivity index (χ0n) is 9.84. The van der Waals surface area contributed by atoms with Crippen molar-refractivity contribution in [3.63, 3.8) is 0 Å². The maximum atomic E-state index is 13.0. The second-order valence-corrected chi connectivity index (χ2v) is 4.72. The summed E-state index contributed by atoms with van der Waals surface area (Å²) in [6.07, 6.45) is 2.70. The molecule has 1 saturated carbocycles. The third-order valence-electron chi connectivity index (χ3n) is 3.16. The Morgan fingerprint density at radius 2 is 2.28 bits per heavy atom. The summed E-state index contributed by atoms with van der Waals surface area (Å²) in [5.41, 5.74) is 6.80. The number of aromatic nitrogens is 2. The van der Waals surface area contributed by atoms with E-state index < -0.39 is 0 Å². The first kappa shape index (κ1) is 11.3. The normalized spacial score (nSPS) is 16.8. The van der Waals surface area contributed by atoms with Crippen LogP contribution in [0.2, 0.25) is 0 Å². The van der Waals surface area contributed by atoms with Gasteiger partial charge in [0.2, 0.25) is 5.89 Å². The highest BCUT2D eigenvalue weighted by Crippen LogP contribution is 2.38. The number of hydrogen-bond donors (Lipinski definition) is 1. The quantitative estimate of drug-likeness (QED) is 0.899. The Hall–Kier alpha value is -1.75. The maximum Gasteiger partial charge on any atom is 0.231 e. The highest BCUT2D eigenvalue weighted by atomic mass is 19.1. The number of halogens is 1. The Labute approximate surface area is 104 Å². The zero-order valence-corrected chi connectivity index (χ0v) is 9.84. The maximum absolute atomic E-state index is 13.0. The van der Waals surface area contributed by atoms with Gasteiger partial charge in [0.15, 0.2) is 5.82 Å². The third-order valence-corrected chi connectivity index (χ3v) is 3.16. The number of hydrogen-bond acceptors (Lipinski definition) is 4. The van der Waals surface area contributed by atoms with Gasteiger partial charge in [-0.1, -0.05) is 17.3 Å². The molecule has 2 aromatic rings. The molecule has 1 atom stereocenters. The van der Waals surface area contributed by atoms with Gasteiger partial charge in [-0.3, -0.25) is 0 Å². The molecule has 0 radical (unpaired) electrons. The molecule has 0 amide bonds. The number of nitrogens with two attached hydrogens (primary N) is 1. The van der Waals surface area contributed by atoms with Gasteiger partial charge in [0.05, 0.1) is 12.5 Å². The van der Waals surface area contributed by atoms with Gasteiger partial charge in [0.25, 0.3) is 0 Å². The van der Waals surface area contributed by atoms with Crippen LogP contribution in [-0.2, 0) is 6.42 Å². The van der Waals surface area contributed by atoms with Crippen LogP contribution in [0.5, 0.6) is 0 Å². The van der Waals surface area contributed by atoms with E-state index in [1.54, 1.807) is 6.07 Å². The molecule has 0 spiro atoms. The average Bonchev–Trinajstić information content (AvgIpc) is 3.09.